The summed E-state index contributed by atoms with van der Waals surface area (Å²) < 4.78 is 46.9. The van der Waals surface area contributed by atoms with E-state index in [1.165, 1.54) is 0 Å². The van der Waals surface area contributed by atoms with Gasteiger partial charge in [0.15, 0.2) is 0 Å². The molecule has 0 heterocycles. The van der Waals surface area contributed by atoms with Gasteiger partial charge < -0.3 is 14.8 Å². The summed E-state index contributed by atoms with van der Waals surface area (Å²) in [6, 6.07) is 6.94. The van der Waals surface area contributed by atoms with E-state index in [9.17, 15) is 13.2 Å². The highest BCUT2D eigenvalue weighted by Crippen LogP contribution is 2.24. The quantitative estimate of drug-likeness (QED) is 0.794. The molecule has 2 unspecified atom stereocenters. The number of benzene rings is 1. The van der Waals surface area contributed by atoms with Crippen LogP contribution >= 0.6 is 0 Å². The number of hydrogen-bond donors (Lipinski definition) is 1. The molecule has 0 aromatic heterocycles. The molecule has 1 aromatic rings. The van der Waals surface area contributed by atoms with E-state index < -0.39 is 18.9 Å². The molecule has 1 aromatic carbocycles. The summed E-state index contributed by atoms with van der Waals surface area (Å²) in [7, 11) is 1.57. The number of alkyl halides is 3. The van der Waals surface area contributed by atoms with E-state index in [1.54, 1.807) is 26.2 Å². The van der Waals surface area contributed by atoms with Crippen molar-refractivity contribution < 1.29 is 22.6 Å². The molecule has 21 heavy (non-hydrogen) atoms. The van der Waals surface area contributed by atoms with Gasteiger partial charge in [-0.15, -0.1) is 0 Å². The molecular weight excluding hydrogens is 283 g/mol. The van der Waals surface area contributed by atoms with Crippen LogP contribution in [0.4, 0.5) is 13.2 Å². The summed E-state index contributed by atoms with van der Waals surface area (Å²) in [6.45, 7) is 3.10. The van der Waals surface area contributed by atoms with Crippen molar-refractivity contribution in [1.29, 1.82) is 0 Å². The Morgan fingerprint density at radius 2 is 1.81 bits per heavy atom. The van der Waals surface area contributed by atoms with Crippen LogP contribution in [0.3, 0.4) is 0 Å². The van der Waals surface area contributed by atoms with E-state index in [-0.39, 0.29) is 6.04 Å². The third kappa shape index (κ3) is 6.35. The molecule has 2 atom stereocenters. The summed E-state index contributed by atoms with van der Waals surface area (Å²) in [5, 5.41) is 3.23. The highest BCUT2D eigenvalue weighted by Gasteiger charge is 2.30. The van der Waals surface area contributed by atoms with E-state index in [1.807, 2.05) is 19.1 Å². The van der Waals surface area contributed by atoms with Gasteiger partial charge in [0.05, 0.1) is 19.3 Å². The predicted molar refractivity (Wildman–Crippen MR) is 75.5 cm³/mol. The zero-order valence-corrected chi connectivity index (χ0v) is 12.5. The van der Waals surface area contributed by atoms with Crippen molar-refractivity contribution in [3.63, 3.8) is 0 Å². The lowest BCUT2D eigenvalue weighted by Gasteiger charge is -2.26. The van der Waals surface area contributed by atoms with Crippen LogP contribution in [-0.4, -0.2) is 32.5 Å². The molecule has 0 aliphatic carbocycles. The van der Waals surface area contributed by atoms with Crippen LogP contribution < -0.4 is 10.1 Å². The monoisotopic (exact) mass is 305 g/mol. The largest absolute Gasteiger partial charge is 0.497 e. The third-order valence-electron chi connectivity index (χ3n) is 3.07. The average molecular weight is 305 g/mol. The van der Waals surface area contributed by atoms with Gasteiger partial charge in [0.25, 0.3) is 0 Å². The van der Waals surface area contributed by atoms with E-state index >= 15 is 0 Å². The first kappa shape index (κ1) is 17.8. The number of ether oxygens (including phenoxy) is 2. The summed E-state index contributed by atoms with van der Waals surface area (Å²) in [4.78, 5) is 0. The van der Waals surface area contributed by atoms with Crippen molar-refractivity contribution >= 4 is 0 Å². The maximum atomic E-state index is 12.3. The fraction of sp³-hybridized carbons (Fsp3) is 0.600. The zero-order valence-electron chi connectivity index (χ0n) is 12.5. The highest BCUT2D eigenvalue weighted by atomic mass is 19.4. The molecule has 0 saturated carbocycles. The summed E-state index contributed by atoms with van der Waals surface area (Å²) in [6.07, 6.45) is -4.02. The first-order valence-corrected chi connectivity index (χ1v) is 6.93. The van der Waals surface area contributed by atoms with Crippen molar-refractivity contribution in [3.8, 4) is 5.75 Å². The fourth-order valence-electron chi connectivity index (χ4n) is 1.99. The van der Waals surface area contributed by atoms with Gasteiger partial charge in [0.2, 0.25) is 0 Å². The maximum Gasteiger partial charge on any atom is 0.411 e. The number of halogens is 3. The Kier molecular flexibility index (Phi) is 6.98. The van der Waals surface area contributed by atoms with Gasteiger partial charge in [-0.2, -0.15) is 13.2 Å². The maximum absolute atomic E-state index is 12.3. The van der Waals surface area contributed by atoms with Gasteiger partial charge in [0.1, 0.15) is 12.4 Å². The van der Waals surface area contributed by atoms with Crippen LogP contribution in [0.25, 0.3) is 0 Å². The first-order valence-electron chi connectivity index (χ1n) is 6.93. The number of nitrogens with one attached hydrogen (secondary N) is 1. The SMILES string of the molecule is CCCNC(c1ccc(OC)cc1)C(C)OCC(F)(F)F. The summed E-state index contributed by atoms with van der Waals surface area (Å²) >= 11 is 0. The van der Waals surface area contributed by atoms with E-state index in [4.69, 9.17) is 9.47 Å². The zero-order chi connectivity index (χ0) is 15.9. The summed E-state index contributed by atoms with van der Waals surface area (Å²) in [5.41, 5.74) is 0.874. The van der Waals surface area contributed by atoms with Crippen molar-refractivity contribution in [1.82, 2.24) is 5.32 Å². The molecule has 3 nitrogen and oxygen atoms in total. The second-order valence-electron chi connectivity index (χ2n) is 4.84. The molecule has 0 saturated heterocycles. The van der Waals surface area contributed by atoms with Crippen LogP contribution in [0.5, 0.6) is 5.75 Å². The van der Waals surface area contributed by atoms with Crippen LogP contribution in [-0.2, 0) is 4.74 Å². The van der Waals surface area contributed by atoms with Crippen LogP contribution in [0.15, 0.2) is 24.3 Å². The Morgan fingerprint density at radius 3 is 2.29 bits per heavy atom. The smallest absolute Gasteiger partial charge is 0.411 e. The minimum Gasteiger partial charge on any atom is -0.497 e. The Labute approximate surface area is 123 Å². The van der Waals surface area contributed by atoms with Crippen LogP contribution in [0.2, 0.25) is 0 Å². The van der Waals surface area contributed by atoms with Gasteiger partial charge >= 0.3 is 6.18 Å². The predicted octanol–water partition coefficient (Wildman–Crippen LogP) is 3.70. The van der Waals surface area contributed by atoms with Crippen molar-refractivity contribution in [2.45, 2.75) is 38.6 Å². The fourth-order valence-corrected chi connectivity index (χ4v) is 1.99. The summed E-state index contributed by atoms with van der Waals surface area (Å²) in [5.74, 6) is 0.705. The molecule has 6 heteroatoms. The Hall–Kier alpha value is -1.27. The molecular formula is C15H22F3NO2. The van der Waals surface area contributed by atoms with Gasteiger partial charge in [-0.25, -0.2) is 0 Å². The second kappa shape index (κ2) is 8.24. The van der Waals surface area contributed by atoms with Gasteiger partial charge in [0, 0.05) is 0 Å². The van der Waals surface area contributed by atoms with Gasteiger partial charge in [-0.3, -0.25) is 0 Å². The molecule has 1 rings (SSSR count). The second-order valence-corrected chi connectivity index (χ2v) is 4.84. The molecule has 0 spiro atoms. The average Bonchev–Trinajstić information content (AvgIpc) is 2.45. The van der Waals surface area contributed by atoms with Crippen molar-refractivity contribution in [2.24, 2.45) is 0 Å². The normalized spacial score (nSPS) is 14.8. The molecule has 0 aliphatic rings. The van der Waals surface area contributed by atoms with E-state index in [2.05, 4.69) is 5.32 Å². The molecule has 0 radical (unpaired) electrons. The van der Waals surface area contributed by atoms with Crippen LogP contribution in [0.1, 0.15) is 31.9 Å². The van der Waals surface area contributed by atoms with E-state index in [0.29, 0.717) is 12.3 Å². The molecule has 1 N–H and O–H groups in total. The van der Waals surface area contributed by atoms with Gasteiger partial charge in [-0.05, 0) is 37.6 Å². The lowest BCUT2D eigenvalue weighted by Crippen LogP contribution is -2.34. The molecule has 0 amide bonds. The number of methoxy groups -OCH3 is 1. The molecule has 0 bridgehead atoms. The minimum absolute atomic E-state index is 0.293. The Balaban J connectivity index is 2.77. The molecule has 0 aliphatic heterocycles. The standard InChI is InChI=1S/C15H22F3NO2/c1-4-9-19-14(11(2)21-10-15(16,17)18)12-5-7-13(20-3)8-6-12/h5-8,11,14,19H,4,9-10H2,1-3H3. The lowest BCUT2D eigenvalue weighted by atomic mass is 10.0. The van der Waals surface area contributed by atoms with E-state index in [0.717, 1.165) is 12.0 Å². The minimum atomic E-state index is -4.32. The van der Waals surface area contributed by atoms with Crippen molar-refractivity contribution in [2.75, 3.05) is 20.3 Å². The van der Waals surface area contributed by atoms with Crippen molar-refractivity contribution in [3.05, 3.63) is 29.8 Å². The highest BCUT2D eigenvalue weighted by molar-refractivity contribution is 5.29. The molecule has 120 valence electrons. The Bertz CT molecular complexity index is 406. The number of hydrogen-bond acceptors (Lipinski definition) is 3. The van der Waals surface area contributed by atoms with Gasteiger partial charge in [-0.1, -0.05) is 19.1 Å². The number of rotatable bonds is 8. The van der Waals surface area contributed by atoms with Crippen LogP contribution in [0, 0.1) is 0 Å². The lowest BCUT2D eigenvalue weighted by molar-refractivity contribution is -0.186. The Morgan fingerprint density at radius 1 is 1.19 bits per heavy atom. The third-order valence-corrected chi connectivity index (χ3v) is 3.07. The topological polar surface area (TPSA) is 30.5 Å². The molecule has 0 fully saturated rings. The first-order chi connectivity index (χ1) is 9.87.